The molecule has 16 aromatic rings. The number of benzene rings is 12. The van der Waals surface area contributed by atoms with E-state index in [0.29, 0.717) is 0 Å². The van der Waals surface area contributed by atoms with Crippen LogP contribution in [-0.2, 0) is 0 Å². The highest BCUT2D eigenvalue weighted by Gasteiger charge is 2.21. The van der Waals surface area contributed by atoms with Gasteiger partial charge >= 0.3 is 0 Å². The van der Waals surface area contributed by atoms with E-state index in [1.807, 2.05) is 24.3 Å². The molecule has 12 aromatic carbocycles. The van der Waals surface area contributed by atoms with E-state index < -0.39 is 0 Å². The van der Waals surface area contributed by atoms with E-state index in [2.05, 4.69) is 217 Å². The van der Waals surface area contributed by atoms with Crippen LogP contribution >= 0.6 is 0 Å². The van der Waals surface area contributed by atoms with Crippen LogP contribution in [0.1, 0.15) is 0 Å². The first-order chi connectivity index (χ1) is 35.1. The summed E-state index contributed by atoms with van der Waals surface area (Å²) in [7, 11) is 0. The fourth-order valence-corrected chi connectivity index (χ4v) is 11.7. The Hall–Kier alpha value is -9.44. The van der Waals surface area contributed by atoms with Crippen molar-refractivity contribution >= 4 is 104 Å². The molecule has 0 saturated carbocycles. The van der Waals surface area contributed by atoms with E-state index in [1.54, 1.807) is 0 Å². The molecule has 3 nitrogen and oxygen atoms in total. The van der Waals surface area contributed by atoms with Crippen LogP contribution in [0.15, 0.2) is 245 Å². The van der Waals surface area contributed by atoms with Crippen molar-refractivity contribution in [3.8, 4) is 55.6 Å². The van der Waals surface area contributed by atoms with Gasteiger partial charge in [-0.25, -0.2) is 0 Å². The SMILES string of the molecule is c1ccc(-c2cc3c4cc5ccc(-c6ccc(-c7ccc8oc9ccccc9c8c7)cc6)cc5cc4n4c5cc6cc(-c7ccc(-c8ccc9oc%10ccccc%10c9c8)cc7)ccc6cc5c(c2)c34)cc1. The monoisotopic (exact) mass is 901 g/mol. The maximum Gasteiger partial charge on any atom is 0.135 e. The topological polar surface area (TPSA) is 30.7 Å². The summed E-state index contributed by atoms with van der Waals surface area (Å²) in [6.07, 6.45) is 0. The minimum Gasteiger partial charge on any atom is -0.456 e. The van der Waals surface area contributed by atoms with Gasteiger partial charge in [-0.1, -0.05) is 152 Å². The van der Waals surface area contributed by atoms with E-state index in [9.17, 15) is 0 Å². The van der Waals surface area contributed by atoms with Crippen molar-refractivity contribution in [1.82, 2.24) is 4.40 Å². The van der Waals surface area contributed by atoms with Gasteiger partial charge in [-0.3, -0.25) is 0 Å². The zero-order chi connectivity index (χ0) is 46.3. The molecule has 0 fully saturated rings. The molecule has 4 aromatic heterocycles. The van der Waals surface area contributed by atoms with E-state index in [-0.39, 0.29) is 0 Å². The number of furan rings is 2. The molecule has 0 amide bonds. The van der Waals surface area contributed by atoms with E-state index in [1.165, 1.54) is 115 Å². The molecule has 0 aliphatic heterocycles. The van der Waals surface area contributed by atoms with Gasteiger partial charge in [-0.05, 0) is 162 Å². The summed E-state index contributed by atoms with van der Waals surface area (Å²) in [5.74, 6) is 0. The zero-order valence-corrected chi connectivity index (χ0v) is 38.3. The van der Waals surface area contributed by atoms with E-state index in [0.717, 1.165) is 43.9 Å². The minimum absolute atomic E-state index is 0.915. The fraction of sp³-hybridized carbons (Fsp3) is 0. The van der Waals surface area contributed by atoms with Crippen molar-refractivity contribution < 1.29 is 8.83 Å². The third kappa shape index (κ3) is 5.84. The molecule has 0 aliphatic carbocycles. The summed E-state index contributed by atoms with van der Waals surface area (Å²) in [4.78, 5) is 0. The Kier molecular flexibility index (Phi) is 7.89. The van der Waals surface area contributed by atoms with Crippen molar-refractivity contribution in [3.63, 3.8) is 0 Å². The highest BCUT2D eigenvalue weighted by molar-refractivity contribution is 6.27. The molecule has 0 bridgehead atoms. The fourth-order valence-electron chi connectivity index (χ4n) is 11.7. The van der Waals surface area contributed by atoms with Crippen molar-refractivity contribution in [2.75, 3.05) is 0 Å². The van der Waals surface area contributed by atoms with Crippen LogP contribution in [0, 0.1) is 0 Å². The molecule has 3 heteroatoms. The molecule has 0 N–H and O–H groups in total. The van der Waals surface area contributed by atoms with E-state index in [4.69, 9.17) is 8.83 Å². The Bertz CT molecular complexity index is 4550. The van der Waals surface area contributed by atoms with Crippen LogP contribution < -0.4 is 0 Å². The smallest absolute Gasteiger partial charge is 0.135 e. The standard InChI is InChI=1S/C68H39NO2/c1-2-8-40(9-3-1)53-36-60-56-32-49-24-22-45(41-14-18-43(19-15-41)47-26-28-66-58(34-47)54-10-4-6-12-64(54)70-66)30-51(49)38-62(56)69-63-39-52-31-46(23-25-50(52)33-57(63)61(37-53)68(60)69)42-16-20-44(21-17-42)48-27-29-67-59(35-48)55-11-5-7-13-65(55)71-67/h1-39H. The van der Waals surface area contributed by atoms with Gasteiger partial charge < -0.3 is 13.2 Å². The maximum absolute atomic E-state index is 6.12. The lowest BCUT2D eigenvalue weighted by molar-refractivity contribution is 0.668. The molecule has 71 heavy (non-hydrogen) atoms. The zero-order valence-electron chi connectivity index (χ0n) is 38.3. The number of fused-ring (bicyclic) bond motifs is 14. The Morgan fingerprint density at radius 1 is 0.211 bits per heavy atom. The van der Waals surface area contributed by atoms with Gasteiger partial charge in [0.2, 0.25) is 0 Å². The molecule has 328 valence electrons. The number of para-hydroxylation sites is 2. The van der Waals surface area contributed by atoms with Crippen LogP contribution in [0.2, 0.25) is 0 Å². The van der Waals surface area contributed by atoms with Crippen LogP contribution in [0.5, 0.6) is 0 Å². The van der Waals surface area contributed by atoms with Crippen molar-refractivity contribution in [1.29, 1.82) is 0 Å². The molecule has 16 rings (SSSR count). The highest BCUT2D eigenvalue weighted by Crippen LogP contribution is 2.45. The summed E-state index contributed by atoms with van der Waals surface area (Å²) in [5, 5.41) is 14.6. The summed E-state index contributed by atoms with van der Waals surface area (Å²) in [5.41, 5.74) is 19.3. The van der Waals surface area contributed by atoms with Gasteiger partial charge in [0.25, 0.3) is 0 Å². The summed E-state index contributed by atoms with van der Waals surface area (Å²) in [6.45, 7) is 0. The second-order valence-corrected chi connectivity index (χ2v) is 19.3. The lowest BCUT2D eigenvalue weighted by atomic mass is 9.95. The third-order valence-corrected chi connectivity index (χ3v) is 15.3. The first-order valence-corrected chi connectivity index (χ1v) is 24.4. The first-order valence-electron chi connectivity index (χ1n) is 24.4. The average Bonchev–Trinajstić information content (AvgIpc) is 4.18. The predicted molar refractivity (Wildman–Crippen MR) is 298 cm³/mol. The number of rotatable bonds is 5. The number of aromatic nitrogens is 1. The summed E-state index contributed by atoms with van der Waals surface area (Å²) < 4.78 is 14.8. The third-order valence-electron chi connectivity index (χ3n) is 15.3. The van der Waals surface area contributed by atoms with Gasteiger partial charge in [-0.2, -0.15) is 0 Å². The quantitative estimate of drug-likeness (QED) is 0.172. The number of nitrogens with zero attached hydrogens (tertiary/aromatic N) is 1. The lowest BCUT2D eigenvalue weighted by Crippen LogP contribution is -1.85. The van der Waals surface area contributed by atoms with Gasteiger partial charge in [0.1, 0.15) is 22.3 Å². The van der Waals surface area contributed by atoms with Crippen molar-refractivity contribution in [3.05, 3.63) is 237 Å². The van der Waals surface area contributed by atoms with Gasteiger partial charge in [0.05, 0.1) is 16.6 Å². The average molecular weight is 902 g/mol. The molecule has 0 radical (unpaired) electrons. The minimum atomic E-state index is 0.915. The van der Waals surface area contributed by atoms with Gasteiger partial charge in [0.15, 0.2) is 0 Å². The van der Waals surface area contributed by atoms with Crippen LogP contribution in [-0.4, -0.2) is 4.40 Å². The molecule has 4 heterocycles. The van der Waals surface area contributed by atoms with Crippen molar-refractivity contribution in [2.24, 2.45) is 0 Å². The van der Waals surface area contributed by atoms with Crippen LogP contribution in [0.3, 0.4) is 0 Å². The summed E-state index contributed by atoms with van der Waals surface area (Å²) in [6, 6.07) is 86.6. The molecule has 0 atom stereocenters. The molecular weight excluding hydrogens is 863 g/mol. The molecule has 0 aliphatic rings. The van der Waals surface area contributed by atoms with Crippen LogP contribution in [0.4, 0.5) is 0 Å². The largest absolute Gasteiger partial charge is 0.456 e. The molecule has 0 saturated heterocycles. The van der Waals surface area contributed by atoms with E-state index >= 15 is 0 Å². The number of hydrogen-bond donors (Lipinski definition) is 0. The molecule has 0 unspecified atom stereocenters. The Morgan fingerprint density at radius 3 is 1.06 bits per heavy atom. The van der Waals surface area contributed by atoms with Gasteiger partial charge in [0, 0.05) is 43.1 Å². The Balaban J connectivity index is 0.810. The Morgan fingerprint density at radius 2 is 0.577 bits per heavy atom. The molecule has 0 spiro atoms. The second-order valence-electron chi connectivity index (χ2n) is 19.3. The Labute approximate surface area is 407 Å². The normalized spacial score (nSPS) is 12.2. The summed E-state index contributed by atoms with van der Waals surface area (Å²) >= 11 is 0. The molecular formula is C68H39NO2. The van der Waals surface area contributed by atoms with Crippen molar-refractivity contribution in [2.45, 2.75) is 0 Å². The predicted octanol–water partition coefficient (Wildman–Crippen LogP) is 19.3. The lowest BCUT2D eigenvalue weighted by Gasteiger charge is -2.09. The maximum atomic E-state index is 6.12. The number of hydrogen-bond acceptors (Lipinski definition) is 2. The second kappa shape index (κ2) is 14.5. The first kappa shape index (κ1) is 38.5. The van der Waals surface area contributed by atoms with Crippen LogP contribution in [0.25, 0.3) is 159 Å². The van der Waals surface area contributed by atoms with Gasteiger partial charge in [-0.15, -0.1) is 0 Å². The highest BCUT2D eigenvalue weighted by atomic mass is 16.3.